The molecule has 0 aliphatic heterocycles. The topological polar surface area (TPSA) is 20.2 Å². The summed E-state index contributed by atoms with van der Waals surface area (Å²) in [5.41, 5.74) is -0.602. The van der Waals surface area contributed by atoms with Gasteiger partial charge in [0.05, 0.1) is 5.60 Å². The number of rotatable bonds is 4. The average molecular weight is 156 g/mol. The molecule has 0 amide bonds. The van der Waals surface area contributed by atoms with Crippen LogP contribution < -0.4 is 0 Å². The summed E-state index contributed by atoms with van der Waals surface area (Å²) in [5.74, 6) is 0.680. The fourth-order valence-electron chi connectivity index (χ4n) is 0.712. The average Bonchev–Trinajstić information content (AvgIpc) is 1.87. The maximum atomic E-state index is 9.55. The van der Waals surface area contributed by atoms with Crippen LogP contribution >= 0.6 is 0 Å². The van der Waals surface area contributed by atoms with Crippen molar-refractivity contribution in [1.82, 2.24) is 0 Å². The first-order valence-corrected chi connectivity index (χ1v) is 4.38. The fourth-order valence-corrected chi connectivity index (χ4v) is 0.712. The molecule has 0 aliphatic rings. The van der Waals surface area contributed by atoms with E-state index in [4.69, 9.17) is 0 Å². The minimum absolute atomic E-state index is 0.602. The van der Waals surface area contributed by atoms with Gasteiger partial charge in [-0.15, -0.1) is 0 Å². The first kappa shape index (κ1) is 10.7. The third-order valence-corrected chi connectivity index (χ3v) is 1.80. The van der Waals surface area contributed by atoms with Crippen LogP contribution in [0.5, 0.6) is 0 Å². The van der Waals surface area contributed by atoms with Gasteiger partial charge in [0.1, 0.15) is 0 Å². The third-order valence-electron chi connectivity index (χ3n) is 1.80. The summed E-state index contributed by atoms with van der Waals surface area (Å²) in [5, 5.41) is 9.55. The lowest BCUT2D eigenvalue weighted by molar-refractivity contribution is 0.107. The van der Waals surface area contributed by atoms with E-state index in [1.807, 2.05) is 19.9 Å². The molecule has 1 nitrogen and oxygen atoms in total. The van der Waals surface area contributed by atoms with Crippen molar-refractivity contribution < 1.29 is 5.11 Å². The Morgan fingerprint density at radius 1 is 1.45 bits per heavy atom. The van der Waals surface area contributed by atoms with Crippen molar-refractivity contribution in [3.63, 3.8) is 0 Å². The molecule has 0 spiro atoms. The lowest BCUT2D eigenvalue weighted by Crippen LogP contribution is -2.18. The molecule has 1 atom stereocenters. The summed E-state index contributed by atoms with van der Waals surface area (Å²) in [6, 6.07) is 0. The summed E-state index contributed by atoms with van der Waals surface area (Å²) in [4.78, 5) is 0. The second kappa shape index (κ2) is 4.55. The molecule has 0 fully saturated rings. The quantitative estimate of drug-likeness (QED) is 0.620. The van der Waals surface area contributed by atoms with Gasteiger partial charge in [-0.3, -0.25) is 0 Å². The molecular weight excluding hydrogens is 136 g/mol. The van der Waals surface area contributed by atoms with Crippen molar-refractivity contribution in [3.05, 3.63) is 12.2 Å². The Hall–Kier alpha value is -0.300. The second-order valence-corrected chi connectivity index (χ2v) is 3.74. The molecule has 0 aromatic heterocycles. The molecule has 0 rings (SSSR count). The molecule has 1 unspecified atom stereocenters. The number of hydrogen-bond donors (Lipinski definition) is 1. The van der Waals surface area contributed by atoms with Crippen molar-refractivity contribution in [2.75, 3.05) is 0 Å². The van der Waals surface area contributed by atoms with Crippen molar-refractivity contribution in [1.29, 1.82) is 0 Å². The second-order valence-electron chi connectivity index (χ2n) is 3.74. The zero-order valence-electron chi connectivity index (χ0n) is 8.09. The minimum Gasteiger partial charge on any atom is -0.386 e. The zero-order chi connectivity index (χ0) is 8.91. The molecule has 0 aromatic carbocycles. The largest absolute Gasteiger partial charge is 0.386 e. The summed E-state index contributed by atoms with van der Waals surface area (Å²) in [6.45, 7) is 8.17. The third kappa shape index (κ3) is 6.11. The molecule has 0 aromatic rings. The molecular formula is C10H20O. The van der Waals surface area contributed by atoms with E-state index >= 15 is 0 Å². The maximum absolute atomic E-state index is 9.55. The van der Waals surface area contributed by atoms with Crippen LogP contribution in [0, 0.1) is 5.92 Å². The van der Waals surface area contributed by atoms with Gasteiger partial charge in [-0.1, -0.05) is 32.9 Å². The molecule has 0 bridgehead atoms. The smallest absolute Gasteiger partial charge is 0.0797 e. The van der Waals surface area contributed by atoms with Crippen LogP contribution in [-0.4, -0.2) is 10.7 Å². The van der Waals surface area contributed by atoms with Crippen molar-refractivity contribution in [2.24, 2.45) is 5.92 Å². The standard InChI is InChI=1S/C10H20O/c1-5-10(4,11)8-6-7-9(2)3/h6,8-9,11H,5,7H2,1-4H3. The van der Waals surface area contributed by atoms with E-state index in [1.54, 1.807) is 0 Å². The molecule has 66 valence electrons. The van der Waals surface area contributed by atoms with Crippen LogP contribution in [0.4, 0.5) is 0 Å². The number of allylic oxidation sites excluding steroid dienone is 1. The van der Waals surface area contributed by atoms with Gasteiger partial charge < -0.3 is 5.11 Å². The van der Waals surface area contributed by atoms with Crippen LogP contribution in [0.25, 0.3) is 0 Å². The fraction of sp³-hybridized carbons (Fsp3) is 0.800. The molecule has 0 aliphatic carbocycles. The Labute approximate surface area is 70.1 Å². The van der Waals surface area contributed by atoms with Gasteiger partial charge in [-0.25, -0.2) is 0 Å². The van der Waals surface area contributed by atoms with Crippen molar-refractivity contribution in [2.45, 2.75) is 46.1 Å². The van der Waals surface area contributed by atoms with Crippen molar-refractivity contribution >= 4 is 0 Å². The van der Waals surface area contributed by atoms with Crippen LogP contribution in [0.15, 0.2) is 12.2 Å². The minimum atomic E-state index is -0.602. The highest BCUT2D eigenvalue weighted by Gasteiger charge is 2.11. The predicted molar refractivity (Wildman–Crippen MR) is 49.5 cm³/mol. The van der Waals surface area contributed by atoms with E-state index < -0.39 is 5.60 Å². The van der Waals surface area contributed by atoms with Crippen LogP contribution in [0.1, 0.15) is 40.5 Å². The van der Waals surface area contributed by atoms with Gasteiger partial charge in [0.15, 0.2) is 0 Å². The lowest BCUT2D eigenvalue weighted by Gasteiger charge is -2.15. The van der Waals surface area contributed by atoms with Gasteiger partial charge in [0.2, 0.25) is 0 Å². The van der Waals surface area contributed by atoms with Gasteiger partial charge in [0.25, 0.3) is 0 Å². The Bertz CT molecular complexity index is 123. The van der Waals surface area contributed by atoms with Crippen LogP contribution in [0.2, 0.25) is 0 Å². The van der Waals surface area contributed by atoms with E-state index in [9.17, 15) is 5.11 Å². The van der Waals surface area contributed by atoms with Crippen LogP contribution in [0.3, 0.4) is 0 Å². The normalized spacial score (nSPS) is 17.6. The lowest BCUT2D eigenvalue weighted by atomic mass is 10.0. The van der Waals surface area contributed by atoms with Gasteiger partial charge in [-0.05, 0) is 25.7 Å². The highest BCUT2D eigenvalue weighted by molar-refractivity contribution is 4.97. The zero-order valence-corrected chi connectivity index (χ0v) is 8.09. The number of hydrogen-bond acceptors (Lipinski definition) is 1. The Balaban J connectivity index is 3.73. The summed E-state index contributed by atoms with van der Waals surface area (Å²) >= 11 is 0. The molecule has 1 N–H and O–H groups in total. The van der Waals surface area contributed by atoms with E-state index in [2.05, 4.69) is 19.9 Å². The van der Waals surface area contributed by atoms with E-state index in [0.29, 0.717) is 5.92 Å². The molecule has 1 heteroatoms. The van der Waals surface area contributed by atoms with Gasteiger partial charge in [-0.2, -0.15) is 0 Å². The highest BCUT2D eigenvalue weighted by Crippen LogP contribution is 2.11. The van der Waals surface area contributed by atoms with E-state index in [0.717, 1.165) is 12.8 Å². The monoisotopic (exact) mass is 156 g/mol. The maximum Gasteiger partial charge on any atom is 0.0797 e. The SMILES string of the molecule is CCC(C)(O)C=CCC(C)C. The van der Waals surface area contributed by atoms with E-state index in [-0.39, 0.29) is 0 Å². The Morgan fingerprint density at radius 2 is 2.00 bits per heavy atom. The molecule has 11 heavy (non-hydrogen) atoms. The van der Waals surface area contributed by atoms with Crippen LogP contribution in [-0.2, 0) is 0 Å². The molecule has 0 saturated carbocycles. The molecule has 0 radical (unpaired) electrons. The Morgan fingerprint density at radius 3 is 2.36 bits per heavy atom. The van der Waals surface area contributed by atoms with Gasteiger partial charge in [0, 0.05) is 0 Å². The van der Waals surface area contributed by atoms with Gasteiger partial charge >= 0.3 is 0 Å². The predicted octanol–water partition coefficient (Wildman–Crippen LogP) is 2.75. The molecule has 0 saturated heterocycles. The first-order chi connectivity index (χ1) is 4.98. The van der Waals surface area contributed by atoms with Crippen molar-refractivity contribution in [3.8, 4) is 0 Å². The summed E-state index contributed by atoms with van der Waals surface area (Å²) in [6.07, 6.45) is 5.79. The Kier molecular flexibility index (Phi) is 4.43. The number of aliphatic hydroxyl groups is 1. The summed E-state index contributed by atoms with van der Waals surface area (Å²) < 4.78 is 0. The summed E-state index contributed by atoms with van der Waals surface area (Å²) in [7, 11) is 0. The highest BCUT2D eigenvalue weighted by atomic mass is 16.3. The first-order valence-electron chi connectivity index (χ1n) is 4.38. The molecule has 0 heterocycles. The van der Waals surface area contributed by atoms with E-state index in [1.165, 1.54) is 0 Å².